The largest absolute Gasteiger partial charge is 0.338 e. The van der Waals surface area contributed by atoms with E-state index >= 15 is 0 Å². The molecule has 0 radical (unpaired) electrons. The summed E-state index contributed by atoms with van der Waals surface area (Å²) in [7, 11) is 0. The van der Waals surface area contributed by atoms with Crippen molar-refractivity contribution in [3.8, 4) is 0 Å². The minimum Gasteiger partial charge on any atom is -0.338 e. The molecule has 0 atom stereocenters. The topological polar surface area (TPSA) is 81.2 Å². The molecule has 2 rings (SSSR count). The van der Waals surface area contributed by atoms with E-state index in [1.807, 2.05) is 26.0 Å². The molecule has 19 heavy (non-hydrogen) atoms. The number of carbonyl (C=O) groups is 1. The van der Waals surface area contributed by atoms with Crippen LogP contribution in [0.15, 0.2) is 28.8 Å². The maximum absolute atomic E-state index is 12.1. The SMILES string of the molecule is CCc1c(C)noc1NC(=O)c1ccc(CN)cc1. The van der Waals surface area contributed by atoms with Crippen LogP contribution in [0.3, 0.4) is 0 Å². The molecule has 1 aromatic heterocycles. The van der Waals surface area contributed by atoms with Gasteiger partial charge >= 0.3 is 0 Å². The number of anilines is 1. The van der Waals surface area contributed by atoms with Crippen LogP contribution in [0.25, 0.3) is 0 Å². The van der Waals surface area contributed by atoms with Crippen molar-refractivity contribution in [3.63, 3.8) is 0 Å². The van der Waals surface area contributed by atoms with Crippen molar-refractivity contribution in [1.29, 1.82) is 0 Å². The number of aryl methyl sites for hydroxylation is 1. The van der Waals surface area contributed by atoms with Crippen LogP contribution in [0.4, 0.5) is 5.88 Å². The molecule has 0 saturated carbocycles. The van der Waals surface area contributed by atoms with E-state index in [2.05, 4.69) is 10.5 Å². The average molecular weight is 259 g/mol. The van der Waals surface area contributed by atoms with Gasteiger partial charge in [0.2, 0.25) is 5.88 Å². The van der Waals surface area contributed by atoms with Gasteiger partial charge in [0.15, 0.2) is 0 Å². The summed E-state index contributed by atoms with van der Waals surface area (Å²) < 4.78 is 5.12. The highest BCUT2D eigenvalue weighted by molar-refractivity contribution is 6.03. The molecule has 0 aliphatic rings. The second-order valence-electron chi connectivity index (χ2n) is 4.28. The molecule has 0 aliphatic heterocycles. The van der Waals surface area contributed by atoms with Crippen LogP contribution in [0.1, 0.15) is 34.1 Å². The number of hydrogen-bond donors (Lipinski definition) is 2. The van der Waals surface area contributed by atoms with E-state index < -0.39 is 0 Å². The summed E-state index contributed by atoms with van der Waals surface area (Å²) in [5.41, 5.74) is 8.79. The van der Waals surface area contributed by atoms with E-state index in [1.165, 1.54) is 0 Å². The number of benzene rings is 1. The van der Waals surface area contributed by atoms with Crippen molar-refractivity contribution < 1.29 is 9.32 Å². The summed E-state index contributed by atoms with van der Waals surface area (Å²) >= 11 is 0. The van der Waals surface area contributed by atoms with Gasteiger partial charge < -0.3 is 10.3 Å². The molecule has 1 heterocycles. The maximum Gasteiger partial charge on any atom is 0.258 e. The number of nitrogens with one attached hydrogen (secondary N) is 1. The third-order valence-corrected chi connectivity index (χ3v) is 3.02. The van der Waals surface area contributed by atoms with Gasteiger partial charge in [-0.15, -0.1) is 0 Å². The van der Waals surface area contributed by atoms with E-state index in [9.17, 15) is 4.79 Å². The Kier molecular flexibility index (Phi) is 3.97. The van der Waals surface area contributed by atoms with Crippen molar-refractivity contribution in [2.24, 2.45) is 5.73 Å². The minimum absolute atomic E-state index is 0.213. The first-order valence-electron chi connectivity index (χ1n) is 6.21. The molecule has 100 valence electrons. The molecule has 0 bridgehead atoms. The van der Waals surface area contributed by atoms with Gasteiger partial charge in [-0.2, -0.15) is 0 Å². The number of rotatable bonds is 4. The molecule has 5 heteroatoms. The highest BCUT2D eigenvalue weighted by Crippen LogP contribution is 2.20. The van der Waals surface area contributed by atoms with Crippen LogP contribution < -0.4 is 11.1 Å². The van der Waals surface area contributed by atoms with Gasteiger partial charge in [0, 0.05) is 17.7 Å². The van der Waals surface area contributed by atoms with Gasteiger partial charge in [-0.25, -0.2) is 0 Å². The van der Waals surface area contributed by atoms with Crippen LogP contribution in [0.2, 0.25) is 0 Å². The molecule has 0 aliphatic carbocycles. The predicted octanol–water partition coefficient (Wildman–Crippen LogP) is 2.26. The zero-order valence-corrected chi connectivity index (χ0v) is 11.1. The van der Waals surface area contributed by atoms with E-state index in [0.29, 0.717) is 18.0 Å². The molecule has 0 fully saturated rings. The first-order valence-corrected chi connectivity index (χ1v) is 6.21. The smallest absolute Gasteiger partial charge is 0.258 e. The Balaban J connectivity index is 2.15. The Morgan fingerprint density at radius 3 is 2.63 bits per heavy atom. The first-order chi connectivity index (χ1) is 9.15. The Bertz CT molecular complexity index is 573. The predicted molar refractivity (Wildman–Crippen MR) is 72.9 cm³/mol. The fourth-order valence-corrected chi connectivity index (χ4v) is 1.87. The number of amides is 1. The van der Waals surface area contributed by atoms with Crippen LogP contribution in [0, 0.1) is 6.92 Å². The summed E-state index contributed by atoms with van der Waals surface area (Å²) in [6.45, 7) is 4.31. The van der Waals surface area contributed by atoms with Crippen molar-refractivity contribution in [1.82, 2.24) is 5.16 Å². The lowest BCUT2D eigenvalue weighted by molar-refractivity contribution is 0.102. The zero-order valence-electron chi connectivity index (χ0n) is 11.1. The summed E-state index contributed by atoms with van der Waals surface area (Å²) in [5.74, 6) is 0.210. The van der Waals surface area contributed by atoms with Gasteiger partial charge in [0.1, 0.15) is 0 Å². The standard InChI is InChI=1S/C14H17N3O2/c1-3-12-9(2)17-19-14(12)16-13(18)11-6-4-10(8-15)5-7-11/h4-7H,3,8,15H2,1-2H3,(H,16,18). The molecule has 1 amide bonds. The first kappa shape index (κ1) is 13.3. The molecule has 0 saturated heterocycles. The second-order valence-corrected chi connectivity index (χ2v) is 4.28. The van der Waals surface area contributed by atoms with Crippen LogP contribution in [-0.4, -0.2) is 11.1 Å². The lowest BCUT2D eigenvalue weighted by Gasteiger charge is -2.04. The number of nitrogens with two attached hydrogens (primary N) is 1. The van der Waals surface area contributed by atoms with Gasteiger partial charge in [0.05, 0.1) is 5.69 Å². The van der Waals surface area contributed by atoms with Crippen molar-refractivity contribution in [2.45, 2.75) is 26.8 Å². The highest BCUT2D eigenvalue weighted by Gasteiger charge is 2.14. The number of carbonyl (C=O) groups excluding carboxylic acids is 1. The zero-order chi connectivity index (χ0) is 13.8. The minimum atomic E-state index is -0.213. The summed E-state index contributed by atoms with van der Waals surface area (Å²) in [6, 6.07) is 7.15. The molecular formula is C14H17N3O2. The molecular weight excluding hydrogens is 242 g/mol. The molecule has 0 spiro atoms. The van der Waals surface area contributed by atoms with E-state index in [0.717, 1.165) is 23.2 Å². The lowest BCUT2D eigenvalue weighted by Crippen LogP contribution is -2.12. The highest BCUT2D eigenvalue weighted by atomic mass is 16.5. The fourth-order valence-electron chi connectivity index (χ4n) is 1.87. The van der Waals surface area contributed by atoms with Gasteiger partial charge in [-0.05, 0) is 31.0 Å². The Morgan fingerprint density at radius 2 is 2.05 bits per heavy atom. The van der Waals surface area contributed by atoms with Crippen molar-refractivity contribution in [2.75, 3.05) is 5.32 Å². The lowest BCUT2D eigenvalue weighted by atomic mass is 10.1. The van der Waals surface area contributed by atoms with Crippen LogP contribution in [0.5, 0.6) is 0 Å². The normalized spacial score (nSPS) is 10.5. The number of nitrogens with zero attached hydrogens (tertiary/aromatic N) is 1. The summed E-state index contributed by atoms with van der Waals surface area (Å²) in [5, 5.41) is 6.59. The van der Waals surface area contributed by atoms with E-state index in [4.69, 9.17) is 10.3 Å². The number of aromatic nitrogens is 1. The molecule has 0 unspecified atom stereocenters. The molecule has 1 aromatic carbocycles. The van der Waals surface area contributed by atoms with Gasteiger partial charge in [0.25, 0.3) is 5.91 Å². The second kappa shape index (κ2) is 5.67. The van der Waals surface area contributed by atoms with Crippen LogP contribution >= 0.6 is 0 Å². The van der Waals surface area contributed by atoms with Crippen LogP contribution in [-0.2, 0) is 13.0 Å². The molecule has 2 aromatic rings. The quantitative estimate of drug-likeness (QED) is 0.882. The molecule has 5 nitrogen and oxygen atoms in total. The third-order valence-electron chi connectivity index (χ3n) is 3.02. The van der Waals surface area contributed by atoms with E-state index in [1.54, 1.807) is 12.1 Å². The average Bonchev–Trinajstić information content (AvgIpc) is 2.79. The maximum atomic E-state index is 12.1. The Labute approximate surface area is 111 Å². The van der Waals surface area contributed by atoms with Gasteiger partial charge in [-0.1, -0.05) is 24.2 Å². The summed E-state index contributed by atoms with van der Waals surface area (Å²) in [6.07, 6.45) is 0.761. The number of hydrogen-bond acceptors (Lipinski definition) is 4. The Hall–Kier alpha value is -2.14. The van der Waals surface area contributed by atoms with Crippen molar-refractivity contribution in [3.05, 3.63) is 46.6 Å². The molecule has 3 N–H and O–H groups in total. The summed E-state index contributed by atoms with van der Waals surface area (Å²) in [4.78, 5) is 12.1. The van der Waals surface area contributed by atoms with Gasteiger partial charge in [-0.3, -0.25) is 10.1 Å². The Morgan fingerprint density at radius 1 is 1.37 bits per heavy atom. The third kappa shape index (κ3) is 2.82. The van der Waals surface area contributed by atoms with E-state index in [-0.39, 0.29) is 5.91 Å². The van der Waals surface area contributed by atoms with Crippen molar-refractivity contribution >= 4 is 11.8 Å². The monoisotopic (exact) mass is 259 g/mol. The fraction of sp³-hybridized carbons (Fsp3) is 0.286.